The molecule has 1 atom stereocenters. The number of halogens is 1. The molecule has 0 bridgehead atoms. The van der Waals surface area contributed by atoms with Crippen molar-refractivity contribution < 1.29 is 4.74 Å². The molecule has 0 spiro atoms. The third-order valence-electron chi connectivity index (χ3n) is 3.32. The van der Waals surface area contributed by atoms with Gasteiger partial charge in [-0.05, 0) is 29.1 Å². The van der Waals surface area contributed by atoms with Gasteiger partial charge in [-0.1, -0.05) is 41.9 Å². The minimum Gasteiger partial charge on any atom is -0.492 e. The first-order chi connectivity index (χ1) is 10.2. The monoisotopic (exact) mass is 298 g/mol. The van der Waals surface area contributed by atoms with Gasteiger partial charge < -0.3 is 10.5 Å². The number of pyridine rings is 1. The molecule has 0 radical (unpaired) electrons. The zero-order chi connectivity index (χ0) is 14.7. The zero-order valence-corrected chi connectivity index (χ0v) is 12.1. The van der Waals surface area contributed by atoms with E-state index in [9.17, 15) is 0 Å². The molecule has 0 saturated heterocycles. The maximum Gasteiger partial charge on any atom is 0.120 e. The summed E-state index contributed by atoms with van der Waals surface area (Å²) < 4.78 is 5.71. The molecule has 3 aromatic rings. The van der Waals surface area contributed by atoms with Crippen molar-refractivity contribution in [3.8, 4) is 5.75 Å². The number of benzene rings is 2. The number of nitrogens with zero attached hydrogens (tertiary/aromatic N) is 1. The Kier molecular flexibility index (Phi) is 4.04. The van der Waals surface area contributed by atoms with Crippen LogP contribution in [0.1, 0.15) is 11.6 Å². The summed E-state index contributed by atoms with van der Waals surface area (Å²) in [6.07, 6.45) is 3.64. The van der Waals surface area contributed by atoms with E-state index in [4.69, 9.17) is 22.1 Å². The third kappa shape index (κ3) is 3.15. The highest BCUT2D eigenvalue weighted by atomic mass is 35.5. The van der Waals surface area contributed by atoms with Gasteiger partial charge in [-0.3, -0.25) is 4.98 Å². The summed E-state index contributed by atoms with van der Waals surface area (Å²) in [5, 5.41) is 2.83. The van der Waals surface area contributed by atoms with E-state index in [0.29, 0.717) is 17.4 Å². The van der Waals surface area contributed by atoms with Gasteiger partial charge >= 0.3 is 0 Å². The Morgan fingerprint density at radius 1 is 1.10 bits per heavy atom. The van der Waals surface area contributed by atoms with Crippen molar-refractivity contribution >= 4 is 22.4 Å². The first-order valence-corrected chi connectivity index (χ1v) is 7.08. The van der Waals surface area contributed by atoms with Crippen molar-refractivity contribution in [3.63, 3.8) is 0 Å². The Balaban J connectivity index is 1.79. The Morgan fingerprint density at radius 2 is 1.95 bits per heavy atom. The molecule has 3 nitrogen and oxygen atoms in total. The van der Waals surface area contributed by atoms with Crippen molar-refractivity contribution in [2.75, 3.05) is 6.61 Å². The molecule has 0 aliphatic carbocycles. The van der Waals surface area contributed by atoms with Gasteiger partial charge in [0.25, 0.3) is 0 Å². The lowest BCUT2D eigenvalue weighted by atomic mass is 10.0. The van der Waals surface area contributed by atoms with E-state index in [1.807, 2.05) is 48.7 Å². The van der Waals surface area contributed by atoms with Gasteiger partial charge in [0, 0.05) is 22.8 Å². The normalized spacial score (nSPS) is 12.3. The minimum atomic E-state index is -0.248. The van der Waals surface area contributed by atoms with E-state index in [2.05, 4.69) is 4.98 Å². The summed E-state index contributed by atoms with van der Waals surface area (Å²) in [6, 6.07) is 15.1. The second-order valence-electron chi connectivity index (χ2n) is 4.82. The lowest BCUT2D eigenvalue weighted by Crippen LogP contribution is -2.19. The van der Waals surface area contributed by atoms with Gasteiger partial charge in [0.1, 0.15) is 12.4 Å². The highest BCUT2D eigenvalue weighted by molar-refractivity contribution is 6.30. The number of hydrogen-bond donors (Lipinski definition) is 1. The molecule has 0 aliphatic rings. The number of ether oxygens (including phenoxy) is 1. The summed E-state index contributed by atoms with van der Waals surface area (Å²) in [6.45, 7) is 0.371. The molecule has 0 aliphatic heterocycles. The maximum atomic E-state index is 6.25. The molecule has 2 aromatic carbocycles. The number of rotatable bonds is 4. The van der Waals surface area contributed by atoms with Crippen molar-refractivity contribution in [3.05, 3.63) is 71.5 Å². The fourth-order valence-corrected chi connectivity index (χ4v) is 2.45. The van der Waals surface area contributed by atoms with Gasteiger partial charge in [-0.15, -0.1) is 0 Å². The molecule has 1 unspecified atom stereocenters. The van der Waals surface area contributed by atoms with E-state index in [1.54, 1.807) is 12.3 Å². The second-order valence-corrected chi connectivity index (χ2v) is 5.26. The van der Waals surface area contributed by atoms with Crippen LogP contribution in [0.25, 0.3) is 10.8 Å². The Bertz CT molecular complexity index is 755. The number of aromatic nitrogens is 1. The van der Waals surface area contributed by atoms with Crippen molar-refractivity contribution in [2.45, 2.75) is 6.04 Å². The smallest absolute Gasteiger partial charge is 0.120 e. The summed E-state index contributed by atoms with van der Waals surface area (Å²) in [5.74, 6) is 0.714. The lowest BCUT2D eigenvalue weighted by molar-refractivity contribution is 0.291. The quantitative estimate of drug-likeness (QED) is 0.793. The van der Waals surface area contributed by atoms with Crippen LogP contribution in [-0.4, -0.2) is 11.6 Å². The molecule has 3 rings (SSSR count). The Hall–Kier alpha value is -2.10. The van der Waals surface area contributed by atoms with Crippen LogP contribution in [0, 0.1) is 0 Å². The first-order valence-electron chi connectivity index (χ1n) is 6.70. The third-order valence-corrected chi connectivity index (χ3v) is 3.56. The topological polar surface area (TPSA) is 48.1 Å². The average Bonchev–Trinajstić information content (AvgIpc) is 2.52. The summed E-state index contributed by atoms with van der Waals surface area (Å²) in [5.41, 5.74) is 7.23. The van der Waals surface area contributed by atoms with Crippen LogP contribution in [0.3, 0.4) is 0 Å². The van der Waals surface area contributed by atoms with E-state index >= 15 is 0 Å². The fourth-order valence-electron chi connectivity index (χ4n) is 2.27. The number of fused-ring (bicyclic) bond motifs is 1. The van der Waals surface area contributed by atoms with Crippen LogP contribution < -0.4 is 10.5 Å². The van der Waals surface area contributed by atoms with Gasteiger partial charge in [-0.2, -0.15) is 0 Å². The number of nitrogens with two attached hydrogens (primary N) is 1. The molecular formula is C17H15ClN2O. The summed E-state index contributed by atoms with van der Waals surface area (Å²) in [4.78, 5) is 4.25. The van der Waals surface area contributed by atoms with Gasteiger partial charge in [0.2, 0.25) is 0 Å². The molecule has 4 heteroatoms. The minimum absolute atomic E-state index is 0.248. The molecule has 1 heterocycles. The standard InChI is InChI=1S/C17H15ClN2O/c18-13-5-3-6-14(8-13)21-11-17(19)16-10-20-9-12-4-1-2-7-15(12)16/h1-10,17H,11,19H2. The molecule has 1 aromatic heterocycles. The number of hydrogen-bond acceptors (Lipinski definition) is 3. The van der Waals surface area contributed by atoms with Crippen LogP contribution in [0.4, 0.5) is 0 Å². The highest BCUT2D eigenvalue weighted by Gasteiger charge is 2.11. The second kappa shape index (κ2) is 6.12. The molecule has 2 N–H and O–H groups in total. The largest absolute Gasteiger partial charge is 0.492 e. The average molecular weight is 299 g/mol. The van der Waals surface area contributed by atoms with Crippen molar-refractivity contribution in [2.24, 2.45) is 5.73 Å². The first kappa shape index (κ1) is 13.9. The van der Waals surface area contributed by atoms with E-state index < -0.39 is 0 Å². The zero-order valence-electron chi connectivity index (χ0n) is 11.4. The fraction of sp³-hybridized carbons (Fsp3) is 0.118. The maximum absolute atomic E-state index is 6.25. The highest BCUT2D eigenvalue weighted by Crippen LogP contribution is 2.23. The van der Waals surface area contributed by atoms with Crippen LogP contribution in [0.5, 0.6) is 5.75 Å². The Morgan fingerprint density at radius 3 is 2.81 bits per heavy atom. The van der Waals surface area contributed by atoms with Crippen LogP contribution >= 0.6 is 11.6 Å². The van der Waals surface area contributed by atoms with Gasteiger partial charge in [0.05, 0.1) is 6.04 Å². The molecule has 21 heavy (non-hydrogen) atoms. The molecule has 106 valence electrons. The van der Waals surface area contributed by atoms with Crippen molar-refractivity contribution in [1.82, 2.24) is 4.98 Å². The molecule has 0 amide bonds. The molecule has 0 fully saturated rings. The lowest BCUT2D eigenvalue weighted by Gasteiger charge is -2.15. The molecular weight excluding hydrogens is 284 g/mol. The Labute approximate surface area is 128 Å². The van der Waals surface area contributed by atoms with Crippen LogP contribution in [0.15, 0.2) is 60.9 Å². The van der Waals surface area contributed by atoms with Crippen LogP contribution in [-0.2, 0) is 0 Å². The molecule has 0 saturated carbocycles. The predicted octanol–water partition coefficient (Wildman–Crippen LogP) is 3.97. The predicted molar refractivity (Wildman–Crippen MR) is 85.6 cm³/mol. The van der Waals surface area contributed by atoms with Crippen LogP contribution in [0.2, 0.25) is 5.02 Å². The van der Waals surface area contributed by atoms with E-state index in [-0.39, 0.29) is 6.04 Å². The van der Waals surface area contributed by atoms with Gasteiger partial charge in [-0.25, -0.2) is 0 Å². The summed E-state index contributed by atoms with van der Waals surface area (Å²) in [7, 11) is 0. The van der Waals surface area contributed by atoms with Crippen molar-refractivity contribution in [1.29, 1.82) is 0 Å². The van der Waals surface area contributed by atoms with E-state index in [0.717, 1.165) is 16.3 Å². The van der Waals surface area contributed by atoms with E-state index in [1.165, 1.54) is 0 Å². The van der Waals surface area contributed by atoms with Gasteiger partial charge in [0.15, 0.2) is 0 Å². The SMILES string of the molecule is NC(COc1cccc(Cl)c1)c1cncc2ccccc12. The summed E-state index contributed by atoms with van der Waals surface area (Å²) >= 11 is 5.93.